The van der Waals surface area contributed by atoms with Gasteiger partial charge in [-0.15, -0.1) is 0 Å². The van der Waals surface area contributed by atoms with Crippen LogP contribution in [0.1, 0.15) is 43.0 Å². The van der Waals surface area contributed by atoms with Crippen molar-refractivity contribution in [2.24, 2.45) is 5.92 Å². The Kier molecular flexibility index (Phi) is 4.40. The molecule has 1 aromatic carbocycles. The van der Waals surface area contributed by atoms with Crippen LogP contribution in [0.5, 0.6) is 5.75 Å². The molecule has 2 rings (SSSR count). The van der Waals surface area contributed by atoms with Crippen LogP contribution in [0.3, 0.4) is 0 Å². The Morgan fingerprint density at radius 3 is 2.68 bits per heavy atom. The van der Waals surface area contributed by atoms with E-state index in [0.717, 1.165) is 19.3 Å². The average Bonchev–Trinajstić information content (AvgIpc) is 2.39. The predicted octanol–water partition coefficient (Wildman–Crippen LogP) is 3.18. The molecular weight excluding hydrogens is 245 g/mol. The molecule has 0 saturated carbocycles. The first-order valence-corrected chi connectivity index (χ1v) is 6.90. The third-order valence-electron chi connectivity index (χ3n) is 3.80. The van der Waals surface area contributed by atoms with Crippen molar-refractivity contribution in [3.05, 3.63) is 29.6 Å². The summed E-state index contributed by atoms with van der Waals surface area (Å²) in [5.74, 6) is -0.657. The van der Waals surface area contributed by atoms with Crippen LogP contribution < -0.4 is 0 Å². The van der Waals surface area contributed by atoms with Crippen molar-refractivity contribution in [2.45, 2.75) is 32.6 Å². The number of hydrogen-bond acceptors (Lipinski definition) is 2. The molecule has 1 aliphatic heterocycles. The zero-order valence-electron chi connectivity index (χ0n) is 11.2. The van der Waals surface area contributed by atoms with Crippen molar-refractivity contribution >= 4 is 5.91 Å². The van der Waals surface area contributed by atoms with Crippen molar-refractivity contribution < 1.29 is 14.3 Å². The molecular formula is C15H20FNO2. The summed E-state index contributed by atoms with van der Waals surface area (Å²) >= 11 is 0. The molecule has 104 valence electrons. The first kappa shape index (κ1) is 13.8. The summed E-state index contributed by atoms with van der Waals surface area (Å²) in [5, 5.41) is 9.64. The highest BCUT2D eigenvalue weighted by Gasteiger charge is 2.26. The maximum atomic E-state index is 13.6. The molecule has 1 aliphatic rings. The van der Waals surface area contributed by atoms with Gasteiger partial charge in [-0.25, -0.2) is 4.39 Å². The molecule has 0 aromatic heterocycles. The SMILES string of the molecule is CCCC1CCN(C(=O)c2c(O)cccc2F)CC1. The Morgan fingerprint density at radius 1 is 1.42 bits per heavy atom. The topological polar surface area (TPSA) is 40.5 Å². The van der Waals surface area contributed by atoms with Gasteiger partial charge < -0.3 is 10.0 Å². The Hall–Kier alpha value is -1.58. The fourth-order valence-electron chi connectivity index (χ4n) is 2.72. The zero-order chi connectivity index (χ0) is 13.8. The summed E-state index contributed by atoms with van der Waals surface area (Å²) in [6, 6.07) is 3.95. The minimum atomic E-state index is -0.652. The van der Waals surface area contributed by atoms with E-state index in [1.807, 2.05) is 0 Å². The van der Waals surface area contributed by atoms with E-state index in [0.29, 0.717) is 19.0 Å². The molecule has 4 heteroatoms. The third kappa shape index (κ3) is 3.06. The molecule has 0 spiro atoms. The van der Waals surface area contributed by atoms with Crippen LogP contribution >= 0.6 is 0 Å². The van der Waals surface area contributed by atoms with E-state index in [4.69, 9.17) is 0 Å². The van der Waals surface area contributed by atoms with Crippen LogP contribution in [0.4, 0.5) is 4.39 Å². The molecule has 0 atom stereocenters. The molecule has 0 unspecified atom stereocenters. The van der Waals surface area contributed by atoms with Crippen LogP contribution in [0.15, 0.2) is 18.2 Å². The van der Waals surface area contributed by atoms with Crippen LogP contribution in [0, 0.1) is 11.7 Å². The molecule has 3 nitrogen and oxygen atoms in total. The standard InChI is InChI=1S/C15H20FNO2/c1-2-4-11-7-9-17(10-8-11)15(19)14-12(16)5-3-6-13(14)18/h3,5-6,11,18H,2,4,7-10H2,1H3. The van der Waals surface area contributed by atoms with Gasteiger partial charge in [-0.2, -0.15) is 0 Å². The number of piperidine rings is 1. The largest absolute Gasteiger partial charge is 0.507 e. The monoisotopic (exact) mass is 265 g/mol. The van der Waals surface area contributed by atoms with Crippen molar-refractivity contribution in [1.82, 2.24) is 4.90 Å². The van der Waals surface area contributed by atoms with E-state index in [2.05, 4.69) is 6.92 Å². The Bertz CT molecular complexity index is 433. The fourth-order valence-corrected chi connectivity index (χ4v) is 2.72. The molecule has 0 bridgehead atoms. The number of carbonyl (C=O) groups excluding carboxylic acids is 1. The van der Waals surface area contributed by atoms with Gasteiger partial charge in [-0.05, 0) is 30.9 Å². The molecule has 1 heterocycles. The average molecular weight is 265 g/mol. The quantitative estimate of drug-likeness (QED) is 0.911. The van der Waals surface area contributed by atoms with Gasteiger partial charge in [0.1, 0.15) is 17.1 Å². The highest BCUT2D eigenvalue weighted by molar-refractivity contribution is 5.97. The molecule has 19 heavy (non-hydrogen) atoms. The summed E-state index contributed by atoms with van der Waals surface area (Å²) in [6.45, 7) is 3.46. The van der Waals surface area contributed by atoms with Gasteiger partial charge in [0.2, 0.25) is 0 Å². The van der Waals surface area contributed by atoms with Gasteiger partial charge in [-0.1, -0.05) is 25.8 Å². The van der Waals surface area contributed by atoms with E-state index >= 15 is 0 Å². The van der Waals surface area contributed by atoms with Crippen molar-refractivity contribution in [1.29, 1.82) is 0 Å². The summed E-state index contributed by atoms with van der Waals surface area (Å²) < 4.78 is 13.6. The number of likely N-dealkylation sites (tertiary alicyclic amines) is 1. The number of nitrogens with zero attached hydrogens (tertiary/aromatic N) is 1. The number of phenols is 1. The first-order valence-electron chi connectivity index (χ1n) is 6.90. The number of carbonyl (C=O) groups is 1. The highest BCUT2D eigenvalue weighted by Crippen LogP contribution is 2.26. The third-order valence-corrected chi connectivity index (χ3v) is 3.80. The Labute approximate surface area is 113 Å². The summed E-state index contributed by atoms with van der Waals surface area (Å²) in [5.41, 5.74) is -0.198. The lowest BCUT2D eigenvalue weighted by Crippen LogP contribution is -2.38. The van der Waals surface area contributed by atoms with E-state index < -0.39 is 11.7 Å². The molecule has 0 aliphatic carbocycles. The van der Waals surface area contributed by atoms with Gasteiger partial charge in [0.05, 0.1) is 0 Å². The summed E-state index contributed by atoms with van der Waals surface area (Å²) in [6.07, 6.45) is 4.28. The zero-order valence-corrected chi connectivity index (χ0v) is 11.2. The van der Waals surface area contributed by atoms with Crippen LogP contribution in [0.25, 0.3) is 0 Å². The van der Waals surface area contributed by atoms with E-state index in [1.165, 1.54) is 24.6 Å². The molecule has 0 radical (unpaired) electrons. The number of amides is 1. The number of rotatable bonds is 3. The smallest absolute Gasteiger partial charge is 0.260 e. The van der Waals surface area contributed by atoms with Crippen LogP contribution in [-0.2, 0) is 0 Å². The molecule has 1 N–H and O–H groups in total. The number of halogens is 1. The lowest BCUT2D eigenvalue weighted by Gasteiger charge is -2.32. The van der Waals surface area contributed by atoms with Gasteiger partial charge >= 0.3 is 0 Å². The first-order chi connectivity index (χ1) is 9.13. The lowest BCUT2D eigenvalue weighted by atomic mass is 9.92. The number of hydrogen-bond donors (Lipinski definition) is 1. The normalized spacial score (nSPS) is 16.6. The van der Waals surface area contributed by atoms with Crippen molar-refractivity contribution in [2.75, 3.05) is 13.1 Å². The molecule has 1 fully saturated rings. The maximum absolute atomic E-state index is 13.6. The van der Waals surface area contributed by atoms with Gasteiger partial charge in [0, 0.05) is 13.1 Å². The number of aromatic hydroxyl groups is 1. The van der Waals surface area contributed by atoms with E-state index in [-0.39, 0.29) is 11.3 Å². The Balaban J connectivity index is 2.05. The second-order valence-electron chi connectivity index (χ2n) is 5.16. The van der Waals surface area contributed by atoms with Crippen LogP contribution in [-0.4, -0.2) is 29.0 Å². The minimum absolute atomic E-state index is 0.198. The number of benzene rings is 1. The second kappa shape index (κ2) is 6.04. The van der Waals surface area contributed by atoms with E-state index in [1.54, 1.807) is 4.90 Å². The molecule has 1 aromatic rings. The van der Waals surface area contributed by atoms with E-state index in [9.17, 15) is 14.3 Å². The minimum Gasteiger partial charge on any atom is -0.507 e. The molecule has 1 saturated heterocycles. The predicted molar refractivity (Wildman–Crippen MR) is 71.6 cm³/mol. The number of phenolic OH excluding ortho intramolecular Hbond substituents is 1. The summed E-state index contributed by atoms with van der Waals surface area (Å²) in [7, 11) is 0. The fraction of sp³-hybridized carbons (Fsp3) is 0.533. The van der Waals surface area contributed by atoms with Crippen molar-refractivity contribution in [3.63, 3.8) is 0 Å². The van der Waals surface area contributed by atoms with Crippen molar-refractivity contribution in [3.8, 4) is 5.75 Å². The van der Waals surface area contributed by atoms with Gasteiger partial charge in [-0.3, -0.25) is 4.79 Å². The maximum Gasteiger partial charge on any atom is 0.260 e. The lowest BCUT2D eigenvalue weighted by molar-refractivity contribution is 0.0678. The van der Waals surface area contributed by atoms with Gasteiger partial charge in [0.25, 0.3) is 5.91 Å². The van der Waals surface area contributed by atoms with Gasteiger partial charge in [0.15, 0.2) is 0 Å². The Morgan fingerprint density at radius 2 is 2.11 bits per heavy atom. The summed E-state index contributed by atoms with van der Waals surface area (Å²) in [4.78, 5) is 13.9. The second-order valence-corrected chi connectivity index (χ2v) is 5.16. The highest BCUT2D eigenvalue weighted by atomic mass is 19.1. The van der Waals surface area contributed by atoms with Crippen LogP contribution in [0.2, 0.25) is 0 Å². The molecule has 1 amide bonds.